The van der Waals surface area contributed by atoms with Crippen molar-refractivity contribution in [2.45, 2.75) is 22.9 Å². The number of benzene rings is 2. The zero-order chi connectivity index (χ0) is 29.2. The van der Waals surface area contributed by atoms with E-state index in [1.165, 1.54) is 20.9 Å². The van der Waals surface area contributed by atoms with Gasteiger partial charge in [-0.1, -0.05) is 48.0 Å². The smallest absolute Gasteiger partial charge is 0.225 e. The van der Waals surface area contributed by atoms with Gasteiger partial charge in [0.2, 0.25) is 10.6 Å². The van der Waals surface area contributed by atoms with Gasteiger partial charge in [0.05, 0.1) is 11.0 Å². The van der Waals surface area contributed by atoms with E-state index in [2.05, 4.69) is 72.0 Å². The summed E-state index contributed by atoms with van der Waals surface area (Å²) in [5.74, 6) is 0.723. The summed E-state index contributed by atoms with van der Waals surface area (Å²) in [4.78, 5) is 24.7. The summed E-state index contributed by atoms with van der Waals surface area (Å²) in [7, 11) is 0. The number of nitrogens with two attached hydrogens (primary N) is 1. The minimum absolute atomic E-state index is 0.169. The molecule has 0 saturated carbocycles. The highest BCUT2D eigenvalue weighted by atomic mass is 35.5. The number of aromatic nitrogens is 6. The molecule has 6 rings (SSSR count). The number of hydrogen-bond acceptors (Lipinski definition) is 8. The van der Waals surface area contributed by atoms with Crippen molar-refractivity contribution < 1.29 is 0 Å². The molecule has 0 fully saturated rings. The summed E-state index contributed by atoms with van der Waals surface area (Å²) in [6, 6.07) is 20.2. The van der Waals surface area contributed by atoms with Crippen LogP contribution in [0.2, 0.25) is 15.7 Å². The van der Waals surface area contributed by atoms with Crippen LogP contribution in [-0.2, 0) is 13.1 Å². The maximum absolute atomic E-state index is 5.94. The van der Waals surface area contributed by atoms with Crippen molar-refractivity contribution >= 4 is 86.2 Å². The maximum Gasteiger partial charge on any atom is 0.225 e. The third-order valence-electron chi connectivity index (χ3n) is 5.76. The van der Waals surface area contributed by atoms with Crippen LogP contribution in [0.15, 0.2) is 82.8 Å². The van der Waals surface area contributed by atoms with Gasteiger partial charge in [-0.3, -0.25) is 0 Å². The topological polar surface area (TPSA) is 121 Å². The molecule has 13 heteroatoms. The van der Waals surface area contributed by atoms with Crippen LogP contribution in [0.1, 0.15) is 11.1 Å². The normalized spacial score (nSPS) is 10.6. The van der Waals surface area contributed by atoms with Crippen LogP contribution in [0, 0.1) is 0 Å². The van der Waals surface area contributed by atoms with Crippen LogP contribution in [0.3, 0.4) is 0 Å². The SMILES string of the molecule is CSc1ccccc1CN.CSc1ccccc1CNc1nc(Cl)nc2cc[nH]c12.Clc1nc(Cl)c2[nH]ccc2n1. The molecule has 0 unspecified atom stereocenters. The number of halogens is 3. The molecule has 8 nitrogen and oxygen atoms in total. The quantitative estimate of drug-likeness (QED) is 0.0815. The second kappa shape index (κ2) is 15.3. The van der Waals surface area contributed by atoms with Gasteiger partial charge < -0.3 is 21.0 Å². The van der Waals surface area contributed by atoms with Gasteiger partial charge in [-0.25, -0.2) is 15.0 Å². The zero-order valence-electron chi connectivity index (χ0n) is 22.2. The minimum atomic E-state index is 0.169. The van der Waals surface area contributed by atoms with Gasteiger partial charge in [0.25, 0.3) is 0 Å². The molecule has 5 N–H and O–H groups in total. The van der Waals surface area contributed by atoms with Gasteiger partial charge in [-0.05, 0) is 71.1 Å². The van der Waals surface area contributed by atoms with E-state index >= 15 is 0 Å². The molecule has 0 saturated heterocycles. The molecule has 0 amide bonds. The maximum atomic E-state index is 5.94. The molecule has 212 valence electrons. The molecule has 4 heterocycles. The lowest BCUT2D eigenvalue weighted by Gasteiger charge is -2.10. The number of thioether (sulfide) groups is 2. The highest BCUT2D eigenvalue weighted by Crippen LogP contribution is 2.24. The van der Waals surface area contributed by atoms with Crippen LogP contribution in [-0.4, -0.2) is 42.4 Å². The van der Waals surface area contributed by atoms with Gasteiger partial charge in [0.1, 0.15) is 11.0 Å². The first-order valence-electron chi connectivity index (χ1n) is 12.3. The number of H-pyrrole nitrogens is 2. The monoisotopic (exact) mass is 644 g/mol. The van der Waals surface area contributed by atoms with Crippen molar-refractivity contribution in [3.05, 3.63) is 99.9 Å². The summed E-state index contributed by atoms with van der Waals surface area (Å²) in [6.07, 6.45) is 7.70. The molecule has 41 heavy (non-hydrogen) atoms. The fourth-order valence-electron chi connectivity index (χ4n) is 3.82. The van der Waals surface area contributed by atoms with Crippen molar-refractivity contribution in [3.63, 3.8) is 0 Å². The third kappa shape index (κ3) is 8.28. The Balaban J connectivity index is 0.000000156. The molecule has 0 bridgehead atoms. The Labute approximate surface area is 261 Å². The van der Waals surface area contributed by atoms with Crippen LogP contribution < -0.4 is 11.1 Å². The lowest BCUT2D eigenvalue weighted by molar-refractivity contribution is 1.03. The average Bonchev–Trinajstić information content (AvgIpc) is 3.66. The van der Waals surface area contributed by atoms with Gasteiger partial charge in [-0.15, -0.1) is 23.5 Å². The van der Waals surface area contributed by atoms with Crippen molar-refractivity contribution in [1.82, 2.24) is 29.9 Å². The predicted octanol–water partition coefficient (Wildman–Crippen LogP) is 8.08. The van der Waals surface area contributed by atoms with E-state index in [-0.39, 0.29) is 10.6 Å². The van der Waals surface area contributed by atoms with Crippen LogP contribution in [0.25, 0.3) is 22.1 Å². The molecule has 0 radical (unpaired) electrons. The summed E-state index contributed by atoms with van der Waals surface area (Å²) in [6.45, 7) is 1.33. The lowest BCUT2D eigenvalue weighted by Crippen LogP contribution is -2.04. The Bertz CT molecular complexity index is 1700. The zero-order valence-corrected chi connectivity index (χ0v) is 26.1. The van der Waals surface area contributed by atoms with E-state index in [1.807, 2.05) is 36.5 Å². The minimum Gasteiger partial charge on any atom is -0.364 e. The molecule has 6 aromatic rings. The lowest BCUT2D eigenvalue weighted by atomic mass is 10.2. The second-order valence-electron chi connectivity index (χ2n) is 8.28. The van der Waals surface area contributed by atoms with Crippen LogP contribution in [0.4, 0.5) is 5.82 Å². The molecule has 0 spiro atoms. The van der Waals surface area contributed by atoms with Crippen molar-refractivity contribution in [1.29, 1.82) is 0 Å². The summed E-state index contributed by atoms with van der Waals surface area (Å²) >= 11 is 20.7. The molecular formula is C28H27Cl3N8S2. The van der Waals surface area contributed by atoms with E-state index in [0.29, 0.717) is 18.2 Å². The standard InChI is InChI=1S/C14H13ClN4S.C8H11NS.C6H3Cl2N3/c1-20-11-5-3-2-4-9(11)8-17-13-12-10(6-7-16-12)18-14(15)19-13;1-10-8-5-3-2-4-7(8)6-9;7-5-4-3(1-2-9-4)10-6(8)11-5/h2-7,16H,8H2,1H3,(H,17,18,19);2-5H,6,9H2,1H3;1-2,9H. The fourth-order valence-corrected chi connectivity index (χ4v) is 5.70. The van der Waals surface area contributed by atoms with Gasteiger partial charge in [0.15, 0.2) is 11.0 Å². The highest BCUT2D eigenvalue weighted by molar-refractivity contribution is 7.98. The predicted molar refractivity (Wildman–Crippen MR) is 174 cm³/mol. The number of aromatic amines is 2. The number of rotatable bonds is 6. The summed E-state index contributed by atoms with van der Waals surface area (Å²) in [5.41, 5.74) is 11.1. The van der Waals surface area contributed by atoms with E-state index in [9.17, 15) is 0 Å². The number of fused-ring (bicyclic) bond motifs is 2. The Morgan fingerprint density at radius 2 is 1.24 bits per heavy atom. The molecule has 0 atom stereocenters. The number of hydrogen-bond donors (Lipinski definition) is 4. The molecule has 0 aliphatic heterocycles. The third-order valence-corrected chi connectivity index (χ3v) is 8.05. The number of anilines is 1. The Morgan fingerprint density at radius 3 is 1.85 bits per heavy atom. The van der Waals surface area contributed by atoms with E-state index in [1.54, 1.807) is 35.8 Å². The average molecular weight is 646 g/mol. The Kier molecular flexibility index (Phi) is 11.6. The number of nitrogens with zero attached hydrogens (tertiary/aromatic N) is 4. The van der Waals surface area contributed by atoms with Gasteiger partial charge in [0, 0.05) is 35.3 Å². The molecule has 2 aromatic carbocycles. The van der Waals surface area contributed by atoms with Gasteiger partial charge >= 0.3 is 0 Å². The van der Waals surface area contributed by atoms with E-state index in [4.69, 9.17) is 40.5 Å². The fraction of sp³-hybridized carbons (Fsp3) is 0.143. The summed E-state index contributed by atoms with van der Waals surface area (Å²) < 4.78 is 0. The van der Waals surface area contributed by atoms with Crippen LogP contribution in [0.5, 0.6) is 0 Å². The van der Waals surface area contributed by atoms with Crippen molar-refractivity contribution in [2.75, 3.05) is 17.8 Å². The molecule has 4 aromatic heterocycles. The van der Waals surface area contributed by atoms with Gasteiger partial charge in [-0.2, -0.15) is 4.98 Å². The van der Waals surface area contributed by atoms with Crippen LogP contribution >= 0.6 is 58.3 Å². The van der Waals surface area contributed by atoms with Crippen molar-refractivity contribution in [2.24, 2.45) is 5.73 Å². The Morgan fingerprint density at radius 1 is 0.707 bits per heavy atom. The van der Waals surface area contributed by atoms with Crippen molar-refractivity contribution in [3.8, 4) is 0 Å². The largest absolute Gasteiger partial charge is 0.364 e. The summed E-state index contributed by atoms with van der Waals surface area (Å²) in [5, 5.41) is 4.09. The first-order valence-corrected chi connectivity index (χ1v) is 15.9. The first kappa shape index (κ1) is 31.0. The van der Waals surface area contributed by atoms with E-state index < -0.39 is 0 Å². The first-order chi connectivity index (χ1) is 19.9. The molecular weight excluding hydrogens is 619 g/mol. The highest BCUT2D eigenvalue weighted by Gasteiger charge is 2.08. The second-order valence-corrected chi connectivity index (χ2v) is 11.0. The molecule has 0 aliphatic carbocycles. The molecule has 0 aliphatic rings. The van der Waals surface area contributed by atoms with E-state index in [0.717, 1.165) is 27.9 Å². The Hall–Kier alpha value is -2.99. The number of nitrogens with one attached hydrogen (secondary N) is 3.